The van der Waals surface area contributed by atoms with Crippen LogP contribution in [0.15, 0.2) is 22.7 Å². The molecule has 17 heavy (non-hydrogen) atoms. The molecule has 2 nitrogen and oxygen atoms in total. The number of halogens is 1. The molecule has 1 saturated carbocycles. The summed E-state index contributed by atoms with van der Waals surface area (Å²) in [6.45, 7) is 0. The van der Waals surface area contributed by atoms with Gasteiger partial charge in [0.1, 0.15) is 0 Å². The first-order valence-electron chi connectivity index (χ1n) is 6.14. The zero-order chi connectivity index (χ0) is 11.7. The van der Waals surface area contributed by atoms with Gasteiger partial charge in [-0.2, -0.15) is 0 Å². The molecule has 1 heterocycles. The Kier molecular flexibility index (Phi) is 3.34. The minimum Gasteiger partial charge on any atom is -0.359 e. The third-order valence-electron chi connectivity index (χ3n) is 3.28. The molecule has 1 N–H and O–H groups in total. The van der Waals surface area contributed by atoms with Crippen molar-refractivity contribution in [1.29, 1.82) is 0 Å². The van der Waals surface area contributed by atoms with Gasteiger partial charge >= 0.3 is 0 Å². The number of benzene rings is 1. The van der Waals surface area contributed by atoms with Crippen molar-refractivity contribution in [2.75, 3.05) is 5.32 Å². The highest BCUT2D eigenvalue weighted by atomic mass is 79.9. The van der Waals surface area contributed by atoms with Crippen molar-refractivity contribution in [2.24, 2.45) is 0 Å². The Labute approximate surface area is 114 Å². The predicted octanol–water partition coefficient (Wildman–Crippen LogP) is 4.80. The number of hydrogen-bond acceptors (Lipinski definition) is 3. The average molecular weight is 311 g/mol. The lowest BCUT2D eigenvalue weighted by Gasteiger charge is -2.22. The van der Waals surface area contributed by atoms with Crippen molar-refractivity contribution in [1.82, 2.24) is 4.98 Å². The van der Waals surface area contributed by atoms with Crippen LogP contribution in [0, 0.1) is 0 Å². The van der Waals surface area contributed by atoms with E-state index in [1.165, 1.54) is 36.8 Å². The third kappa shape index (κ3) is 2.63. The van der Waals surface area contributed by atoms with Crippen molar-refractivity contribution in [2.45, 2.75) is 38.1 Å². The van der Waals surface area contributed by atoms with Gasteiger partial charge in [-0.15, -0.1) is 0 Å². The van der Waals surface area contributed by atoms with Gasteiger partial charge < -0.3 is 5.32 Å². The van der Waals surface area contributed by atoms with E-state index in [9.17, 15) is 0 Å². The molecule has 1 aromatic carbocycles. The fraction of sp³-hybridized carbons (Fsp3) is 0.462. The van der Waals surface area contributed by atoms with Crippen LogP contribution in [0.3, 0.4) is 0 Å². The van der Waals surface area contributed by atoms with Crippen LogP contribution >= 0.6 is 27.3 Å². The Morgan fingerprint density at radius 3 is 2.88 bits per heavy atom. The van der Waals surface area contributed by atoms with E-state index < -0.39 is 0 Å². The molecule has 0 saturated heterocycles. The summed E-state index contributed by atoms with van der Waals surface area (Å²) in [5.74, 6) is 0. The van der Waals surface area contributed by atoms with Crippen molar-refractivity contribution < 1.29 is 0 Å². The highest BCUT2D eigenvalue weighted by molar-refractivity contribution is 9.10. The molecule has 0 bridgehead atoms. The largest absolute Gasteiger partial charge is 0.359 e. The minimum atomic E-state index is 0.632. The number of fused-ring (bicyclic) bond motifs is 1. The normalized spacial score (nSPS) is 17.5. The van der Waals surface area contributed by atoms with Gasteiger partial charge in [-0.05, 0) is 31.0 Å². The van der Waals surface area contributed by atoms with Gasteiger partial charge in [-0.3, -0.25) is 0 Å². The number of thiazole rings is 1. The van der Waals surface area contributed by atoms with Crippen molar-refractivity contribution >= 4 is 42.6 Å². The van der Waals surface area contributed by atoms with Crippen LogP contribution in [-0.2, 0) is 0 Å². The fourth-order valence-corrected chi connectivity index (χ4v) is 3.66. The molecular weight excluding hydrogens is 296 g/mol. The Morgan fingerprint density at radius 1 is 1.24 bits per heavy atom. The van der Waals surface area contributed by atoms with E-state index in [2.05, 4.69) is 44.4 Å². The second-order valence-electron chi connectivity index (χ2n) is 4.61. The first-order valence-corrected chi connectivity index (χ1v) is 7.75. The number of nitrogens with one attached hydrogen (secondary N) is 1. The monoisotopic (exact) mass is 310 g/mol. The van der Waals surface area contributed by atoms with Crippen LogP contribution in [0.5, 0.6) is 0 Å². The minimum absolute atomic E-state index is 0.632. The van der Waals surface area contributed by atoms with E-state index in [-0.39, 0.29) is 0 Å². The first-order chi connectivity index (χ1) is 8.31. The lowest BCUT2D eigenvalue weighted by molar-refractivity contribution is 0.462. The highest BCUT2D eigenvalue weighted by Gasteiger charge is 2.14. The summed E-state index contributed by atoms with van der Waals surface area (Å²) in [4.78, 5) is 4.65. The Hall–Kier alpha value is -0.610. The van der Waals surface area contributed by atoms with Crippen LogP contribution in [0.25, 0.3) is 10.2 Å². The Bertz CT molecular complexity index is 517. The van der Waals surface area contributed by atoms with Gasteiger partial charge in [0.15, 0.2) is 5.13 Å². The summed E-state index contributed by atoms with van der Waals surface area (Å²) in [5.41, 5.74) is 1.09. The topological polar surface area (TPSA) is 24.9 Å². The maximum absolute atomic E-state index is 4.65. The molecule has 0 radical (unpaired) electrons. The van der Waals surface area contributed by atoms with Gasteiger partial charge in [0.05, 0.1) is 10.2 Å². The lowest BCUT2D eigenvalue weighted by Crippen LogP contribution is -2.21. The molecule has 0 spiro atoms. The maximum Gasteiger partial charge on any atom is 0.184 e. The summed E-state index contributed by atoms with van der Waals surface area (Å²) >= 11 is 5.24. The van der Waals surface area contributed by atoms with Gasteiger partial charge in [-0.25, -0.2) is 4.98 Å². The molecule has 0 aliphatic heterocycles. The molecule has 1 aliphatic carbocycles. The van der Waals surface area contributed by atoms with Gasteiger partial charge in [0.2, 0.25) is 0 Å². The van der Waals surface area contributed by atoms with E-state index in [1.54, 1.807) is 11.3 Å². The highest BCUT2D eigenvalue weighted by Crippen LogP contribution is 2.30. The summed E-state index contributed by atoms with van der Waals surface area (Å²) in [6, 6.07) is 6.92. The summed E-state index contributed by atoms with van der Waals surface area (Å²) in [6.07, 6.45) is 6.69. The van der Waals surface area contributed by atoms with Crippen LogP contribution in [0.4, 0.5) is 5.13 Å². The molecule has 2 aromatic rings. The molecule has 1 aliphatic rings. The average Bonchev–Trinajstić information content (AvgIpc) is 2.71. The van der Waals surface area contributed by atoms with Gasteiger partial charge in [0.25, 0.3) is 0 Å². The predicted molar refractivity (Wildman–Crippen MR) is 77.8 cm³/mol. The number of hydrogen-bond donors (Lipinski definition) is 1. The second-order valence-corrected chi connectivity index (χ2v) is 6.56. The smallest absolute Gasteiger partial charge is 0.184 e. The van der Waals surface area contributed by atoms with Crippen molar-refractivity contribution in [3.8, 4) is 0 Å². The maximum atomic E-state index is 4.65. The molecule has 3 rings (SSSR count). The third-order valence-corrected chi connectivity index (χ3v) is 4.74. The SMILES string of the molecule is Brc1ccc2sc(NC3CCCCC3)nc2c1. The van der Waals surface area contributed by atoms with Crippen LogP contribution in [0.2, 0.25) is 0 Å². The van der Waals surface area contributed by atoms with E-state index in [0.29, 0.717) is 6.04 Å². The van der Waals surface area contributed by atoms with Crippen molar-refractivity contribution in [3.63, 3.8) is 0 Å². The van der Waals surface area contributed by atoms with E-state index in [4.69, 9.17) is 0 Å². The van der Waals surface area contributed by atoms with Crippen LogP contribution < -0.4 is 5.32 Å². The zero-order valence-electron chi connectivity index (χ0n) is 9.58. The van der Waals surface area contributed by atoms with Crippen LogP contribution in [-0.4, -0.2) is 11.0 Å². The van der Waals surface area contributed by atoms with Gasteiger partial charge in [-0.1, -0.05) is 46.5 Å². The summed E-state index contributed by atoms with van der Waals surface area (Å²) in [7, 11) is 0. The van der Waals surface area contributed by atoms with Gasteiger partial charge in [0, 0.05) is 10.5 Å². The molecule has 90 valence electrons. The lowest BCUT2D eigenvalue weighted by atomic mass is 9.96. The number of rotatable bonds is 2. The molecule has 4 heteroatoms. The van der Waals surface area contributed by atoms with Crippen LogP contribution in [0.1, 0.15) is 32.1 Å². The Balaban J connectivity index is 1.80. The Morgan fingerprint density at radius 2 is 2.06 bits per heavy atom. The first kappa shape index (κ1) is 11.5. The molecule has 0 unspecified atom stereocenters. The standard InChI is InChI=1S/C13H15BrN2S/c14-9-6-7-12-11(8-9)16-13(17-12)15-10-4-2-1-3-5-10/h6-8,10H,1-5H2,(H,15,16). The number of anilines is 1. The summed E-state index contributed by atoms with van der Waals surface area (Å²) < 4.78 is 2.35. The number of aromatic nitrogens is 1. The van der Waals surface area contributed by atoms with Crippen molar-refractivity contribution in [3.05, 3.63) is 22.7 Å². The molecule has 0 amide bonds. The molecule has 1 aromatic heterocycles. The number of nitrogens with zero attached hydrogens (tertiary/aromatic N) is 1. The quantitative estimate of drug-likeness (QED) is 0.861. The van der Waals surface area contributed by atoms with E-state index in [1.807, 2.05) is 0 Å². The van der Waals surface area contributed by atoms with E-state index >= 15 is 0 Å². The molecule has 0 atom stereocenters. The summed E-state index contributed by atoms with van der Waals surface area (Å²) in [5, 5.41) is 4.66. The van der Waals surface area contributed by atoms with E-state index in [0.717, 1.165) is 15.1 Å². The second kappa shape index (κ2) is 4.94. The zero-order valence-corrected chi connectivity index (χ0v) is 12.0. The molecular formula is C13H15BrN2S. The molecule has 1 fully saturated rings. The fourth-order valence-electron chi connectivity index (χ4n) is 2.38.